The van der Waals surface area contributed by atoms with Gasteiger partial charge in [-0.2, -0.15) is 0 Å². The van der Waals surface area contributed by atoms with Crippen molar-refractivity contribution in [3.63, 3.8) is 0 Å². The lowest BCUT2D eigenvalue weighted by Gasteiger charge is -2.57. The molecule has 2 aromatic rings. The molecule has 2 aromatic heterocycles. The van der Waals surface area contributed by atoms with Crippen molar-refractivity contribution in [3.05, 3.63) is 12.7 Å². The maximum Gasteiger partial charge on any atom is 0.252 e. The van der Waals surface area contributed by atoms with Crippen LogP contribution in [0.4, 0.5) is 5.82 Å². The summed E-state index contributed by atoms with van der Waals surface area (Å²) in [5, 5.41) is 15.9. The fraction of sp³-hybridized carbons (Fsp3) is 0.786. The summed E-state index contributed by atoms with van der Waals surface area (Å²) in [6, 6.07) is 0. The lowest BCUT2D eigenvalue weighted by atomic mass is 9.53. The summed E-state index contributed by atoms with van der Waals surface area (Å²) >= 11 is 0. The Morgan fingerprint density at radius 2 is 1.72 bits per heavy atom. The minimum Gasteiger partial charge on any atom is -0.395 e. The molecule has 9 rings (SSSR count). The summed E-state index contributed by atoms with van der Waals surface area (Å²) in [5.41, 5.74) is 1.47. The number of imidazole rings is 1. The number of amides is 1. The topological polar surface area (TPSA) is 133 Å². The van der Waals surface area contributed by atoms with Crippen LogP contribution in [-0.2, 0) is 19.0 Å². The van der Waals surface area contributed by atoms with Crippen LogP contribution in [-0.4, -0.2) is 73.3 Å². The lowest BCUT2D eigenvalue weighted by molar-refractivity contribution is -0.229. The van der Waals surface area contributed by atoms with E-state index in [1.165, 1.54) is 38.5 Å². The Morgan fingerprint density at radius 1 is 1.00 bits per heavy atom. The predicted molar refractivity (Wildman–Crippen MR) is 139 cm³/mol. The van der Waals surface area contributed by atoms with E-state index in [0.717, 1.165) is 55.7 Å². The smallest absolute Gasteiger partial charge is 0.252 e. The van der Waals surface area contributed by atoms with Gasteiger partial charge in [0.1, 0.15) is 18.5 Å². The molecule has 7 fully saturated rings. The molecule has 5 aliphatic carbocycles. The Kier molecular flexibility index (Phi) is 5.70. The average Bonchev–Trinajstić information content (AvgIpc) is 3.59. The van der Waals surface area contributed by atoms with Gasteiger partial charge in [0.2, 0.25) is 0 Å². The van der Waals surface area contributed by atoms with Crippen molar-refractivity contribution in [2.75, 3.05) is 18.5 Å². The lowest BCUT2D eigenvalue weighted by Crippen LogP contribution is -2.54. The molecule has 3 N–H and O–H groups in total. The highest BCUT2D eigenvalue weighted by molar-refractivity contribution is 5.84. The van der Waals surface area contributed by atoms with Gasteiger partial charge in [-0.1, -0.05) is 6.42 Å². The third-order valence-electron chi connectivity index (χ3n) is 10.2. The molecule has 4 atom stereocenters. The average molecular weight is 539 g/mol. The van der Waals surface area contributed by atoms with Gasteiger partial charge >= 0.3 is 0 Å². The van der Waals surface area contributed by atoms with Gasteiger partial charge < -0.3 is 30.0 Å². The first-order valence-corrected chi connectivity index (χ1v) is 14.9. The van der Waals surface area contributed by atoms with E-state index in [9.17, 15) is 9.90 Å². The molecule has 2 saturated heterocycles. The second-order valence-corrected chi connectivity index (χ2v) is 13.0. The van der Waals surface area contributed by atoms with Crippen LogP contribution in [0.15, 0.2) is 12.7 Å². The van der Waals surface area contributed by atoms with Crippen LogP contribution in [0.2, 0.25) is 0 Å². The number of carbonyl (C=O) groups excluding carboxylic acids is 1. The summed E-state index contributed by atoms with van der Waals surface area (Å²) < 4.78 is 21.3. The second-order valence-electron chi connectivity index (χ2n) is 13.0. The van der Waals surface area contributed by atoms with E-state index in [1.807, 2.05) is 4.57 Å². The van der Waals surface area contributed by atoms with Gasteiger partial charge in [-0.05, 0) is 69.1 Å². The van der Waals surface area contributed by atoms with Crippen LogP contribution in [0.5, 0.6) is 0 Å². The third-order valence-corrected chi connectivity index (χ3v) is 10.2. The van der Waals surface area contributed by atoms with Crippen molar-refractivity contribution in [2.45, 2.75) is 106 Å². The van der Waals surface area contributed by atoms with E-state index < -0.39 is 30.3 Å². The van der Waals surface area contributed by atoms with Gasteiger partial charge in [0, 0.05) is 24.9 Å². The highest BCUT2D eigenvalue weighted by Crippen LogP contribution is 2.57. The molecule has 210 valence electrons. The molecule has 1 amide bonds. The Labute approximate surface area is 227 Å². The molecule has 11 nitrogen and oxygen atoms in total. The largest absolute Gasteiger partial charge is 0.395 e. The molecule has 1 spiro atoms. The minimum absolute atomic E-state index is 0.0976. The van der Waals surface area contributed by atoms with Crippen LogP contribution in [0.1, 0.15) is 76.9 Å². The molecular weight excluding hydrogens is 500 g/mol. The number of nitrogens with one attached hydrogen (secondary N) is 2. The predicted octanol–water partition coefficient (Wildman–Crippen LogP) is 2.66. The number of carbonyl (C=O) groups is 1. The van der Waals surface area contributed by atoms with E-state index in [4.69, 9.17) is 19.2 Å². The van der Waals surface area contributed by atoms with Crippen LogP contribution >= 0.6 is 0 Å². The van der Waals surface area contributed by atoms with Crippen LogP contribution < -0.4 is 10.6 Å². The quantitative estimate of drug-likeness (QED) is 0.508. The molecule has 39 heavy (non-hydrogen) atoms. The second kappa shape index (κ2) is 9.09. The van der Waals surface area contributed by atoms with Gasteiger partial charge in [0.15, 0.2) is 35.1 Å². The summed E-state index contributed by atoms with van der Waals surface area (Å²) in [4.78, 5) is 27.1. The molecule has 4 bridgehead atoms. The summed E-state index contributed by atoms with van der Waals surface area (Å²) in [7, 11) is 0. The summed E-state index contributed by atoms with van der Waals surface area (Å²) in [6.45, 7) is 0.0210. The fourth-order valence-electron chi connectivity index (χ4n) is 9.10. The van der Waals surface area contributed by atoms with Crippen molar-refractivity contribution < 1.29 is 24.1 Å². The Hall–Kier alpha value is -2.34. The van der Waals surface area contributed by atoms with Crippen molar-refractivity contribution in [1.29, 1.82) is 0 Å². The number of aromatic nitrogens is 4. The van der Waals surface area contributed by atoms with Gasteiger partial charge in [-0.15, -0.1) is 0 Å². The monoisotopic (exact) mass is 538 g/mol. The first-order valence-electron chi connectivity index (χ1n) is 14.9. The van der Waals surface area contributed by atoms with Crippen LogP contribution in [0, 0.1) is 17.8 Å². The number of ether oxygens (including phenoxy) is 3. The number of aliphatic hydroxyl groups is 1. The normalized spacial score (nSPS) is 39.9. The minimum atomic E-state index is -0.850. The molecule has 7 aliphatic rings. The zero-order chi connectivity index (χ0) is 26.2. The van der Waals surface area contributed by atoms with Crippen molar-refractivity contribution in [3.8, 4) is 0 Å². The maximum atomic E-state index is 13.1. The fourth-order valence-corrected chi connectivity index (χ4v) is 9.10. The van der Waals surface area contributed by atoms with E-state index >= 15 is 0 Å². The van der Waals surface area contributed by atoms with Gasteiger partial charge in [-0.25, -0.2) is 15.0 Å². The molecule has 5 saturated carbocycles. The number of hydrogen-bond acceptors (Lipinski definition) is 9. The number of fused-ring (bicyclic) bond motifs is 2. The maximum absolute atomic E-state index is 13.1. The molecule has 4 heterocycles. The van der Waals surface area contributed by atoms with Crippen LogP contribution in [0.3, 0.4) is 0 Å². The van der Waals surface area contributed by atoms with Gasteiger partial charge in [0.05, 0.1) is 12.9 Å². The van der Waals surface area contributed by atoms with E-state index in [1.54, 1.807) is 12.7 Å². The number of aliphatic hydroxyl groups excluding tert-OH is 1. The number of rotatable bonds is 6. The molecule has 0 radical (unpaired) electrons. The Balaban J connectivity index is 1.11. The first kappa shape index (κ1) is 24.5. The summed E-state index contributed by atoms with van der Waals surface area (Å²) in [6.07, 6.45) is 13.5. The zero-order valence-electron chi connectivity index (χ0n) is 22.3. The van der Waals surface area contributed by atoms with Gasteiger partial charge in [0.25, 0.3) is 5.91 Å². The van der Waals surface area contributed by atoms with Crippen molar-refractivity contribution >= 4 is 22.9 Å². The number of anilines is 1. The Morgan fingerprint density at radius 3 is 2.44 bits per heavy atom. The number of nitrogens with zero attached hydrogens (tertiary/aromatic N) is 4. The number of hydrogen-bond donors (Lipinski definition) is 3. The van der Waals surface area contributed by atoms with E-state index in [-0.39, 0.29) is 24.6 Å². The standard InChI is InChI=1S/C28H38N6O5/c35-7-6-29-25(36)21-20-22(39-28(38-20)4-2-1-3-5-28)26(37-21)34-15-32-19-23(30-14-31-24(19)34)33-27-11-16-8-17(12-27)10-18(9-16)13-27/h14-18,20-22,26,35H,1-13H2,(H,29,36)(H,30,31,33)/t16?,17?,18?,20?,21-,22-,26+,27?/m0/s1. The first-order chi connectivity index (χ1) is 19.0. The molecular formula is C28H38N6O5. The SMILES string of the molecule is O=C(NCCO)[C@H]1O[C@@H](n2cnc3c(NC45CC6CC(CC(C6)C4)C5)ncnc32)[C@H]2OC3(CCCCC3)OC12. The Bertz CT molecular complexity index is 1230. The van der Waals surface area contributed by atoms with Gasteiger partial charge in [-0.3, -0.25) is 9.36 Å². The van der Waals surface area contributed by atoms with Crippen molar-refractivity contribution in [2.24, 2.45) is 17.8 Å². The zero-order valence-corrected chi connectivity index (χ0v) is 22.3. The molecule has 1 unspecified atom stereocenters. The van der Waals surface area contributed by atoms with E-state index in [2.05, 4.69) is 20.6 Å². The third kappa shape index (κ3) is 3.99. The molecule has 11 heteroatoms. The highest BCUT2D eigenvalue weighted by Gasteiger charge is 2.61. The van der Waals surface area contributed by atoms with Crippen molar-refractivity contribution in [1.82, 2.24) is 24.8 Å². The molecule has 2 aliphatic heterocycles. The summed E-state index contributed by atoms with van der Waals surface area (Å²) in [5.74, 6) is 2.26. The van der Waals surface area contributed by atoms with Crippen LogP contribution in [0.25, 0.3) is 11.2 Å². The highest BCUT2D eigenvalue weighted by atomic mass is 16.8. The molecule has 0 aromatic carbocycles. The van der Waals surface area contributed by atoms with E-state index in [0.29, 0.717) is 11.2 Å².